The third kappa shape index (κ3) is 1.49. The van der Waals surface area contributed by atoms with Crippen molar-refractivity contribution in [1.82, 2.24) is 0 Å². The van der Waals surface area contributed by atoms with Gasteiger partial charge in [-0.25, -0.2) is 5.90 Å². The summed E-state index contributed by atoms with van der Waals surface area (Å²) < 4.78 is 0. The minimum Gasteiger partial charge on any atom is -0.374 e. The Morgan fingerprint density at radius 1 is 1.57 bits per heavy atom. The van der Waals surface area contributed by atoms with Crippen molar-refractivity contribution >= 4 is 5.69 Å². The summed E-state index contributed by atoms with van der Waals surface area (Å²) >= 11 is 0. The Balaban J connectivity index is 2.35. The Morgan fingerprint density at radius 3 is 3.07 bits per heavy atom. The lowest BCUT2D eigenvalue weighted by Crippen LogP contribution is -2.14. The number of rotatable bonds is 2. The summed E-state index contributed by atoms with van der Waals surface area (Å²) in [6.45, 7) is 3.83. The largest absolute Gasteiger partial charge is 0.374 e. The van der Waals surface area contributed by atoms with E-state index in [1.165, 1.54) is 11.3 Å². The van der Waals surface area contributed by atoms with Crippen molar-refractivity contribution in [2.75, 3.05) is 18.5 Å². The zero-order chi connectivity index (χ0) is 10.1. The van der Waals surface area contributed by atoms with E-state index in [9.17, 15) is 0 Å². The maximum atomic E-state index is 5.05. The van der Waals surface area contributed by atoms with Gasteiger partial charge in [0.25, 0.3) is 0 Å². The number of nitrogens with zero attached hydrogens (tertiary/aromatic N) is 1. The molecular formula is C11H16N2O. The average molecular weight is 192 g/mol. The van der Waals surface area contributed by atoms with Gasteiger partial charge in [0.05, 0.1) is 6.61 Å². The van der Waals surface area contributed by atoms with Gasteiger partial charge in [0, 0.05) is 25.2 Å². The lowest BCUT2D eigenvalue weighted by Gasteiger charge is -2.12. The quantitative estimate of drug-likeness (QED) is 0.724. The third-order valence-electron chi connectivity index (χ3n) is 2.83. The van der Waals surface area contributed by atoms with Crippen LogP contribution in [0, 0.1) is 0 Å². The number of anilines is 1. The van der Waals surface area contributed by atoms with Crippen LogP contribution in [0.5, 0.6) is 0 Å². The smallest absolute Gasteiger partial charge is 0.0930 e. The van der Waals surface area contributed by atoms with E-state index in [0.717, 1.165) is 12.1 Å². The number of benzene rings is 1. The molecule has 1 aromatic carbocycles. The Kier molecular flexibility index (Phi) is 2.44. The Labute approximate surface area is 84.4 Å². The molecule has 0 spiro atoms. The van der Waals surface area contributed by atoms with E-state index < -0.39 is 0 Å². The molecule has 0 aliphatic carbocycles. The maximum absolute atomic E-state index is 5.05. The van der Waals surface area contributed by atoms with Gasteiger partial charge in [-0.15, -0.1) is 0 Å². The molecule has 1 unspecified atom stereocenters. The number of fused-ring (bicyclic) bond motifs is 1. The summed E-state index contributed by atoms with van der Waals surface area (Å²) in [6, 6.07) is 6.42. The fourth-order valence-corrected chi connectivity index (χ4v) is 2.13. The summed E-state index contributed by atoms with van der Waals surface area (Å²) in [6.07, 6.45) is 0. The summed E-state index contributed by atoms with van der Waals surface area (Å²) in [7, 11) is 2.12. The van der Waals surface area contributed by atoms with Crippen LogP contribution in [-0.2, 0) is 11.4 Å². The molecule has 3 nitrogen and oxygen atoms in total. The van der Waals surface area contributed by atoms with E-state index >= 15 is 0 Å². The van der Waals surface area contributed by atoms with E-state index in [1.54, 1.807) is 0 Å². The summed E-state index contributed by atoms with van der Waals surface area (Å²) in [5.41, 5.74) is 3.87. The zero-order valence-electron chi connectivity index (χ0n) is 8.66. The first kappa shape index (κ1) is 9.49. The molecule has 1 atom stereocenters. The van der Waals surface area contributed by atoms with Crippen LogP contribution in [0.1, 0.15) is 24.0 Å². The van der Waals surface area contributed by atoms with Crippen molar-refractivity contribution in [2.24, 2.45) is 5.90 Å². The van der Waals surface area contributed by atoms with Gasteiger partial charge < -0.3 is 4.90 Å². The van der Waals surface area contributed by atoms with Crippen LogP contribution in [0.25, 0.3) is 0 Å². The van der Waals surface area contributed by atoms with Crippen molar-refractivity contribution in [3.63, 3.8) is 0 Å². The minimum atomic E-state index is 0.482. The molecule has 1 aromatic rings. The number of likely N-dealkylation sites (N-methyl/N-ethyl adjacent to an activating group) is 1. The van der Waals surface area contributed by atoms with E-state index in [4.69, 9.17) is 5.90 Å². The molecule has 2 N–H and O–H groups in total. The van der Waals surface area contributed by atoms with Crippen LogP contribution in [0.15, 0.2) is 18.2 Å². The Morgan fingerprint density at radius 2 is 2.36 bits per heavy atom. The molecule has 2 rings (SSSR count). The maximum Gasteiger partial charge on any atom is 0.0930 e. The van der Waals surface area contributed by atoms with Gasteiger partial charge in [0.1, 0.15) is 0 Å². The molecular weight excluding hydrogens is 176 g/mol. The summed E-state index contributed by atoms with van der Waals surface area (Å²) in [5, 5.41) is 0. The Bertz CT molecular complexity index is 338. The van der Waals surface area contributed by atoms with Gasteiger partial charge in [-0.3, -0.25) is 4.84 Å². The second-order valence-corrected chi connectivity index (χ2v) is 3.99. The fourth-order valence-electron chi connectivity index (χ4n) is 2.13. The van der Waals surface area contributed by atoms with Crippen LogP contribution in [-0.4, -0.2) is 13.6 Å². The van der Waals surface area contributed by atoms with Gasteiger partial charge in [-0.2, -0.15) is 0 Å². The molecule has 1 heterocycles. The number of nitrogens with two attached hydrogens (primary N) is 1. The highest BCUT2D eigenvalue weighted by Crippen LogP contribution is 2.35. The first-order valence-corrected chi connectivity index (χ1v) is 4.88. The SMILES string of the molecule is CC1CN(C)c2cc(CON)ccc21. The lowest BCUT2D eigenvalue weighted by molar-refractivity contribution is 0.124. The van der Waals surface area contributed by atoms with Crippen molar-refractivity contribution in [3.8, 4) is 0 Å². The van der Waals surface area contributed by atoms with Crippen LogP contribution in [0.2, 0.25) is 0 Å². The molecule has 1 aliphatic heterocycles. The van der Waals surface area contributed by atoms with E-state index in [1.807, 2.05) is 0 Å². The van der Waals surface area contributed by atoms with E-state index in [-0.39, 0.29) is 0 Å². The van der Waals surface area contributed by atoms with Gasteiger partial charge in [0.2, 0.25) is 0 Å². The zero-order valence-corrected chi connectivity index (χ0v) is 8.66. The highest BCUT2D eigenvalue weighted by molar-refractivity contribution is 5.60. The molecule has 1 aliphatic rings. The summed E-state index contributed by atoms with van der Waals surface area (Å²) in [5.74, 6) is 5.68. The molecule has 14 heavy (non-hydrogen) atoms. The average Bonchev–Trinajstić information content (AvgIpc) is 2.43. The van der Waals surface area contributed by atoms with Crippen LogP contribution in [0.4, 0.5) is 5.69 Å². The van der Waals surface area contributed by atoms with Gasteiger partial charge >= 0.3 is 0 Å². The van der Waals surface area contributed by atoms with E-state index in [0.29, 0.717) is 12.5 Å². The first-order valence-electron chi connectivity index (χ1n) is 4.88. The fraction of sp³-hybridized carbons (Fsp3) is 0.455. The topological polar surface area (TPSA) is 38.5 Å². The highest BCUT2D eigenvalue weighted by Gasteiger charge is 2.22. The number of hydrogen-bond donors (Lipinski definition) is 1. The van der Waals surface area contributed by atoms with E-state index in [2.05, 4.69) is 41.9 Å². The van der Waals surface area contributed by atoms with Crippen molar-refractivity contribution < 1.29 is 4.84 Å². The number of hydrogen-bond acceptors (Lipinski definition) is 3. The highest BCUT2D eigenvalue weighted by atomic mass is 16.6. The molecule has 0 amide bonds. The first-order chi connectivity index (χ1) is 6.72. The van der Waals surface area contributed by atoms with Gasteiger partial charge in [-0.05, 0) is 17.2 Å². The second-order valence-electron chi connectivity index (χ2n) is 3.99. The predicted molar refractivity (Wildman–Crippen MR) is 57.1 cm³/mol. The molecule has 0 bridgehead atoms. The molecule has 0 fully saturated rings. The molecule has 0 saturated carbocycles. The molecule has 0 saturated heterocycles. The standard InChI is InChI=1S/C11H16N2O/c1-8-6-13(2)11-5-9(7-14-12)3-4-10(8)11/h3-5,8H,6-7,12H2,1-2H3. The van der Waals surface area contributed by atoms with Crippen LogP contribution >= 0.6 is 0 Å². The van der Waals surface area contributed by atoms with Crippen molar-refractivity contribution in [3.05, 3.63) is 29.3 Å². The lowest BCUT2D eigenvalue weighted by atomic mass is 10.0. The molecule has 76 valence electrons. The molecule has 0 aromatic heterocycles. The second kappa shape index (κ2) is 3.59. The molecule has 0 radical (unpaired) electrons. The predicted octanol–water partition coefficient (Wildman–Crippen LogP) is 1.63. The van der Waals surface area contributed by atoms with Gasteiger partial charge in [0.15, 0.2) is 0 Å². The minimum absolute atomic E-state index is 0.482. The van der Waals surface area contributed by atoms with Gasteiger partial charge in [-0.1, -0.05) is 19.1 Å². The summed E-state index contributed by atoms with van der Waals surface area (Å²) in [4.78, 5) is 6.91. The normalized spacial score (nSPS) is 19.9. The van der Waals surface area contributed by atoms with Crippen molar-refractivity contribution in [2.45, 2.75) is 19.4 Å². The van der Waals surface area contributed by atoms with Crippen molar-refractivity contribution in [1.29, 1.82) is 0 Å². The monoisotopic (exact) mass is 192 g/mol. The Hall–Kier alpha value is -1.06. The van der Waals surface area contributed by atoms with Crippen LogP contribution < -0.4 is 10.8 Å². The molecule has 3 heteroatoms. The van der Waals surface area contributed by atoms with Crippen LogP contribution in [0.3, 0.4) is 0 Å². The third-order valence-corrected chi connectivity index (χ3v) is 2.83.